The summed E-state index contributed by atoms with van der Waals surface area (Å²) in [5.41, 5.74) is 2.20. The monoisotopic (exact) mass is 427 g/mol. The van der Waals surface area contributed by atoms with Gasteiger partial charge < -0.3 is 10.1 Å². The molecule has 0 aliphatic rings. The van der Waals surface area contributed by atoms with Crippen molar-refractivity contribution < 1.29 is 9.13 Å². The number of ether oxygens (including phenoxy) is 1. The van der Waals surface area contributed by atoms with Gasteiger partial charge in [-0.05, 0) is 65.4 Å². The minimum absolute atomic E-state index is 0.311. The van der Waals surface area contributed by atoms with Crippen LogP contribution in [0.3, 0.4) is 0 Å². The van der Waals surface area contributed by atoms with Gasteiger partial charge in [0, 0.05) is 10.6 Å². The Hall–Kier alpha value is -3.64. The average molecular weight is 428 g/mol. The van der Waals surface area contributed by atoms with Gasteiger partial charge in [-0.3, -0.25) is 0 Å². The lowest BCUT2D eigenvalue weighted by Crippen LogP contribution is -2.00. The molecule has 1 heterocycles. The van der Waals surface area contributed by atoms with Crippen LogP contribution in [0, 0.1) is 5.82 Å². The number of rotatable bonds is 5. The molecule has 6 heteroatoms. The van der Waals surface area contributed by atoms with Crippen molar-refractivity contribution in [2.75, 3.05) is 12.4 Å². The minimum atomic E-state index is -0.311. The molecule has 4 aromatic carbocycles. The van der Waals surface area contributed by atoms with Crippen LogP contribution in [0.5, 0.6) is 5.75 Å². The molecule has 0 spiro atoms. The molecule has 0 saturated heterocycles. The average Bonchev–Trinajstić information content (AvgIpc) is 2.79. The van der Waals surface area contributed by atoms with Crippen molar-refractivity contribution in [2.24, 2.45) is 0 Å². The van der Waals surface area contributed by atoms with Crippen LogP contribution in [0.25, 0.3) is 21.8 Å². The summed E-state index contributed by atoms with van der Waals surface area (Å²) in [7, 11) is 1.64. The fourth-order valence-corrected chi connectivity index (χ4v) is 4.17. The van der Waals surface area contributed by atoms with E-state index in [-0.39, 0.29) is 5.82 Å². The quantitative estimate of drug-likeness (QED) is 0.312. The Bertz CT molecular complexity index is 1390. The highest BCUT2D eigenvalue weighted by atomic mass is 32.2. The first-order valence-corrected chi connectivity index (χ1v) is 10.5. The molecule has 5 rings (SSSR count). The fourth-order valence-electron chi connectivity index (χ4n) is 3.34. The maximum Gasteiger partial charge on any atom is 0.164 e. The lowest BCUT2D eigenvalue weighted by atomic mass is 10.1. The summed E-state index contributed by atoms with van der Waals surface area (Å²) in [6.07, 6.45) is 0. The molecule has 4 nitrogen and oxygen atoms in total. The predicted octanol–water partition coefficient (Wildman–Crippen LogP) is 6.83. The number of hydrogen-bond donors (Lipinski definition) is 1. The van der Waals surface area contributed by atoms with Gasteiger partial charge in [-0.25, -0.2) is 14.4 Å². The summed E-state index contributed by atoms with van der Waals surface area (Å²) < 4.78 is 19.0. The molecule has 1 aromatic heterocycles. The van der Waals surface area contributed by atoms with Crippen LogP contribution in [0.2, 0.25) is 0 Å². The van der Waals surface area contributed by atoms with Crippen LogP contribution in [-0.4, -0.2) is 17.1 Å². The molecule has 152 valence electrons. The van der Waals surface area contributed by atoms with E-state index in [2.05, 4.69) is 17.4 Å². The summed E-state index contributed by atoms with van der Waals surface area (Å²) >= 11 is 1.49. The normalized spacial score (nSPS) is 11.0. The molecular weight excluding hydrogens is 409 g/mol. The molecule has 0 radical (unpaired) electrons. The molecule has 0 atom stereocenters. The Labute approximate surface area is 183 Å². The Kier molecular flexibility index (Phi) is 5.14. The van der Waals surface area contributed by atoms with Crippen LogP contribution in [-0.2, 0) is 0 Å². The lowest BCUT2D eigenvalue weighted by Gasteiger charge is -2.12. The number of aromatic nitrogens is 2. The van der Waals surface area contributed by atoms with Crippen LogP contribution in [0.15, 0.2) is 94.9 Å². The van der Waals surface area contributed by atoms with E-state index >= 15 is 0 Å². The van der Waals surface area contributed by atoms with Crippen molar-refractivity contribution in [1.82, 2.24) is 9.97 Å². The van der Waals surface area contributed by atoms with Gasteiger partial charge in [-0.2, -0.15) is 0 Å². The Morgan fingerprint density at radius 1 is 0.806 bits per heavy atom. The second-order valence-electron chi connectivity index (χ2n) is 6.98. The van der Waals surface area contributed by atoms with E-state index in [0.29, 0.717) is 16.5 Å². The number of halogens is 1. The number of methoxy groups -OCH3 is 1. The third-order valence-electron chi connectivity index (χ3n) is 4.86. The zero-order valence-corrected chi connectivity index (χ0v) is 17.5. The second kappa shape index (κ2) is 8.24. The lowest BCUT2D eigenvalue weighted by molar-refractivity contribution is 0.414. The van der Waals surface area contributed by atoms with E-state index in [1.807, 2.05) is 48.5 Å². The van der Waals surface area contributed by atoms with Crippen LogP contribution in [0.1, 0.15) is 0 Å². The number of benzene rings is 4. The minimum Gasteiger partial charge on any atom is -0.497 e. The molecule has 0 unspecified atom stereocenters. The molecule has 0 bridgehead atoms. The SMILES string of the molecule is COc1ccc(Sc2nc3cc4ccccc4cc3nc2Nc2cccc(F)c2)cc1. The highest BCUT2D eigenvalue weighted by Crippen LogP contribution is 2.35. The van der Waals surface area contributed by atoms with Crippen molar-refractivity contribution in [3.05, 3.63) is 90.7 Å². The molecule has 0 amide bonds. The first-order chi connectivity index (χ1) is 15.2. The molecule has 0 aliphatic carbocycles. The maximum absolute atomic E-state index is 13.7. The van der Waals surface area contributed by atoms with Gasteiger partial charge in [0.2, 0.25) is 0 Å². The van der Waals surface area contributed by atoms with Gasteiger partial charge in [0.1, 0.15) is 16.6 Å². The van der Waals surface area contributed by atoms with Gasteiger partial charge in [-0.1, -0.05) is 42.1 Å². The van der Waals surface area contributed by atoms with E-state index < -0.39 is 0 Å². The van der Waals surface area contributed by atoms with Crippen LogP contribution in [0.4, 0.5) is 15.9 Å². The summed E-state index contributed by atoms with van der Waals surface area (Å²) in [4.78, 5) is 10.7. The van der Waals surface area contributed by atoms with Gasteiger partial charge in [0.15, 0.2) is 5.82 Å². The summed E-state index contributed by atoms with van der Waals surface area (Å²) in [6.45, 7) is 0. The largest absolute Gasteiger partial charge is 0.497 e. The van der Waals surface area contributed by atoms with Crippen molar-refractivity contribution in [1.29, 1.82) is 0 Å². The molecule has 5 aromatic rings. The Morgan fingerprint density at radius 3 is 2.19 bits per heavy atom. The highest BCUT2D eigenvalue weighted by Gasteiger charge is 2.13. The van der Waals surface area contributed by atoms with Gasteiger partial charge in [0.25, 0.3) is 0 Å². The summed E-state index contributed by atoms with van der Waals surface area (Å²) in [5, 5.41) is 6.14. The predicted molar refractivity (Wildman–Crippen MR) is 124 cm³/mol. The Balaban J connectivity index is 1.62. The van der Waals surface area contributed by atoms with E-state index in [1.54, 1.807) is 19.2 Å². The van der Waals surface area contributed by atoms with E-state index in [0.717, 1.165) is 32.5 Å². The number of nitrogens with one attached hydrogen (secondary N) is 1. The maximum atomic E-state index is 13.7. The Morgan fingerprint density at radius 2 is 1.52 bits per heavy atom. The van der Waals surface area contributed by atoms with Gasteiger partial charge in [0.05, 0.1) is 18.1 Å². The van der Waals surface area contributed by atoms with Crippen molar-refractivity contribution in [3.63, 3.8) is 0 Å². The number of hydrogen-bond acceptors (Lipinski definition) is 5. The van der Waals surface area contributed by atoms with E-state index in [1.165, 1.54) is 23.9 Å². The van der Waals surface area contributed by atoms with Gasteiger partial charge >= 0.3 is 0 Å². The van der Waals surface area contributed by atoms with E-state index in [4.69, 9.17) is 14.7 Å². The van der Waals surface area contributed by atoms with Crippen molar-refractivity contribution in [2.45, 2.75) is 9.92 Å². The van der Waals surface area contributed by atoms with Gasteiger partial charge in [-0.15, -0.1) is 0 Å². The topological polar surface area (TPSA) is 47.0 Å². The third-order valence-corrected chi connectivity index (χ3v) is 5.85. The molecule has 0 saturated carbocycles. The molecule has 0 aliphatic heterocycles. The summed E-state index contributed by atoms with van der Waals surface area (Å²) in [5.74, 6) is 1.06. The zero-order chi connectivity index (χ0) is 21.2. The molecule has 1 N–H and O–H groups in total. The molecule has 31 heavy (non-hydrogen) atoms. The van der Waals surface area contributed by atoms with Crippen LogP contribution < -0.4 is 10.1 Å². The third kappa shape index (κ3) is 4.15. The summed E-state index contributed by atoms with van der Waals surface area (Å²) in [6, 6.07) is 26.3. The van der Waals surface area contributed by atoms with Crippen molar-refractivity contribution in [3.8, 4) is 5.75 Å². The zero-order valence-electron chi connectivity index (χ0n) is 16.7. The van der Waals surface area contributed by atoms with E-state index in [9.17, 15) is 4.39 Å². The number of anilines is 2. The second-order valence-corrected chi connectivity index (χ2v) is 8.04. The number of nitrogens with zero attached hydrogens (tertiary/aromatic N) is 2. The van der Waals surface area contributed by atoms with Crippen molar-refractivity contribution >= 4 is 45.1 Å². The standard InChI is InChI=1S/C25H18FN3OS/c1-30-20-9-11-21(12-10-20)31-25-24(27-19-8-4-7-18(26)15-19)28-22-13-16-5-2-3-6-17(16)14-23(22)29-25/h2-15H,1H3,(H,27,28). The smallest absolute Gasteiger partial charge is 0.164 e. The first-order valence-electron chi connectivity index (χ1n) is 9.73. The first kappa shape index (κ1) is 19.3. The fraction of sp³-hybridized carbons (Fsp3) is 0.0400. The highest BCUT2D eigenvalue weighted by molar-refractivity contribution is 7.99. The number of fused-ring (bicyclic) bond motifs is 2. The molecule has 0 fully saturated rings. The molecular formula is C25H18FN3OS. The van der Waals surface area contributed by atoms with Crippen LogP contribution >= 0.6 is 11.8 Å².